The molecular weight excluding hydrogens is 492 g/mol. The molecule has 1 aliphatic heterocycles. The van der Waals surface area contributed by atoms with Crippen LogP contribution in [0.1, 0.15) is 44.4 Å². The molecule has 206 valence electrons. The van der Waals surface area contributed by atoms with Crippen LogP contribution >= 0.6 is 0 Å². The van der Waals surface area contributed by atoms with Crippen LogP contribution in [0.5, 0.6) is 5.75 Å². The lowest BCUT2D eigenvalue weighted by atomic mass is 9.96. The number of hydrogen-bond donors (Lipinski definition) is 6. The van der Waals surface area contributed by atoms with Gasteiger partial charge in [-0.3, -0.25) is 14.4 Å². The van der Waals surface area contributed by atoms with Gasteiger partial charge in [0.05, 0.1) is 12.4 Å². The molecule has 1 saturated heterocycles. The Morgan fingerprint density at radius 2 is 1.87 bits per heavy atom. The Labute approximate surface area is 221 Å². The summed E-state index contributed by atoms with van der Waals surface area (Å²) in [6.07, 6.45) is 4.77. The Hall–Kier alpha value is -3.93. The van der Waals surface area contributed by atoms with Crippen molar-refractivity contribution in [1.29, 1.82) is 0 Å². The molecule has 7 N–H and O–H groups in total. The molecule has 2 aromatic rings. The van der Waals surface area contributed by atoms with Crippen molar-refractivity contribution in [3.63, 3.8) is 0 Å². The maximum atomic E-state index is 13.5. The number of aromatic hydroxyl groups is 1. The van der Waals surface area contributed by atoms with Crippen molar-refractivity contribution in [2.75, 3.05) is 6.54 Å². The molecule has 1 aromatic carbocycles. The van der Waals surface area contributed by atoms with Gasteiger partial charge in [0.25, 0.3) is 0 Å². The molecule has 2 heterocycles. The average Bonchev–Trinajstić information content (AvgIpc) is 3.59. The van der Waals surface area contributed by atoms with Crippen molar-refractivity contribution in [2.24, 2.45) is 11.7 Å². The fraction of sp³-hybridized carbons (Fsp3) is 0.500. The second kappa shape index (κ2) is 13.0. The molecule has 3 amide bonds. The van der Waals surface area contributed by atoms with E-state index in [1.165, 1.54) is 23.4 Å². The standard InChI is InChI=1S/C26H36N6O6/c1-3-15(2)22(31-23(34)19(27)12-17-13-28-14-29-17)24(35)30-20(11-16-6-8-18(33)9-7-16)25(36)32-10-4-5-21(32)26(37)38/h6-9,13-15,19-22,33H,3-5,10-12,27H2,1-2H3,(H,28,29)(H,30,35)(H,31,34)(H,37,38). The van der Waals surface area contributed by atoms with E-state index in [0.29, 0.717) is 30.5 Å². The number of carboxylic acids is 1. The number of aliphatic carboxylic acids is 1. The third-order valence-electron chi connectivity index (χ3n) is 6.94. The Bertz CT molecular complexity index is 1110. The van der Waals surface area contributed by atoms with Gasteiger partial charge in [0, 0.05) is 31.3 Å². The first kappa shape index (κ1) is 28.6. The predicted molar refractivity (Wildman–Crippen MR) is 138 cm³/mol. The lowest BCUT2D eigenvalue weighted by molar-refractivity contribution is -0.149. The van der Waals surface area contributed by atoms with Crippen LogP contribution < -0.4 is 16.4 Å². The highest BCUT2D eigenvalue weighted by atomic mass is 16.4. The van der Waals surface area contributed by atoms with E-state index in [1.807, 2.05) is 13.8 Å². The number of aromatic nitrogens is 2. The number of benzene rings is 1. The summed E-state index contributed by atoms with van der Waals surface area (Å²) in [6.45, 7) is 3.96. The molecule has 0 spiro atoms. The lowest BCUT2D eigenvalue weighted by Gasteiger charge is -2.30. The molecule has 38 heavy (non-hydrogen) atoms. The van der Waals surface area contributed by atoms with Crippen LogP contribution in [0.3, 0.4) is 0 Å². The minimum absolute atomic E-state index is 0.0529. The molecule has 5 atom stereocenters. The number of phenolic OH excluding ortho intramolecular Hbond substituents is 1. The number of rotatable bonds is 12. The van der Waals surface area contributed by atoms with Gasteiger partial charge in [-0.05, 0) is 36.5 Å². The molecule has 0 aliphatic carbocycles. The van der Waals surface area contributed by atoms with E-state index in [4.69, 9.17) is 5.73 Å². The van der Waals surface area contributed by atoms with E-state index >= 15 is 0 Å². The highest BCUT2D eigenvalue weighted by Gasteiger charge is 2.39. The number of carboxylic acid groups (broad SMARTS) is 1. The van der Waals surface area contributed by atoms with E-state index in [-0.39, 0.29) is 31.1 Å². The quantitative estimate of drug-likeness (QED) is 0.227. The molecule has 0 radical (unpaired) electrons. The smallest absolute Gasteiger partial charge is 0.326 e. The molecule has 12 nitrogen and oxygen atoms in total. The molecular formula is C26H36N6O6. The summed E-state index contributed by atoms with van der Waals surface area (Å²) in [7, 11) is 0. The maximum Gasteiger partial charge on any atom is 0.326 e. The number of imidazole rings is 1. The van der Waals surface area contributed by atoms with E-state index in [0.717, 1.165) is 0 Å². The van der Waals surface area contributed by atoms with E-state index in [2.05, 4.69) is 20.6 Å². The van der Waals surface area contributed by atoms with Gasteiger partial charge in [0.1, 0.15) is 23.9 Å². The second-order valence-electron chi connectivity index (χ2n) is 9.72. The number of phenols is 1. The van der Waals surface area contributed by atoms with E-state index in [1.54, 1.807) is 18.3 Å². The fourth-order valence-corrected chi connectivity index (χ4v) is 4.50. The maximum absolute atomic E-state index is 13.5. The number of nitrogens with zero attached hydrogens (tertiary/aromatic N) is 2. The highest BCUT2D eigenvalue weighted by molar-refractivity contribution is 5.94. The van der Waals surface area contributed by atoms with E-state index < -0.39 is 47.9 Å². The third-order valence-corrected chi connectivity index (χ3v) is 6.94. The Kier molecular flexibility index (Phi) is 9.83. The number of nitrogens with one attached hydrogen (secondary N) is 3. The first-order valence-corrected chi connectivity index (χ1v) is 12.8. The number of hydrogen-bond acceptors (Lipinski definition) is 7. The number of H-pyrrole nitrogens is 1. The summed E-state index contributed by atoms with van der Waals surface area (Å²) in [4.78, 5) is 59.7. The predicted octanol–water partition coefficient (Wildman–Crippen LogP) is 0.319. The normalized spacial score (nSPS) is 18.3. The lowest BCUT2D eigenvalue weighted by Crippen LogP contribution is -2.59. The van der Waals surface area contributed by atoms with Gasteiger partial charge in [0.15, 0.2) is 0 Å². The summed E-state index contributed by atoms with van der Waals surface area (Å²) >= 11 is 0. The number of amides is 3. The van der Waals surface area contributed by atoms with Crippen molar-refractivity contribution in [3.05, 3.63) is 48.0 Å². The summed E-state index contributed by atoms with van der Waals surface area (Å²) in [5.41, 5.74) is 7.40. The largest absolute Gasteiger partial charge is 0.508 e. The highest BCUT2D eigenvalue weighted by Crippen LogP contribution is 2.21. The summed E-state index contributed by atoms with van der Waals surface area (Å²) in [5.74, 6) is -2.92. The topological polar surface area (TPSA) is 191 Å². The summed E-state index contributed by atoms with van der Waals surface area (Å²) in [5, 5.41) is 24.7. The van der Waals surface area contributed by atoms with Crippen molar-refractivity contribution in [1.82, 2.24) is 25.5 Å². The molecule has 3 rings (SSSR count). The Balaban J connectivity index is 1.79. The number of likely N-dealkylation sites (tertiary alicyclic amines) is 1. The van der Waals surface area contributed by atoms with Crippen molar-refractivity contribution < 1.29 is 29.4 Å². The molecule has 1 fully saturated rings. The minimum atomic E-state index is -1.10. The zero-order chi connectivity index (χ0) is 27.8. The van der Waals surface area contributed by atoms with Gasteiger partial charge in [-0.2, -0.15) is 0 Å². The van der Waals surface area contributed by atoms with Gasteiger partial charge in [0.2, 0.25) is 17.7 Å². The molecule has 5 unspecified atom stereocenters. The van der Waals surface area contributed by atoms with Crippen molar-refractivity contribution in [3.8, 4) is 5.75 Å². The summed E-state index contributed by atoms with van der Waals surface area (Å²) < 4.78 is 0. The Morgan fingerprint density at radius 1 is 1.16 bits per heavy atom. The first-order valence-electron chi connectivity index (χ1n) is 12.8. The van der Waals surface area contributed by atoms with Crippen LogP contribution in [-0.4, -0.2) is 79.5 Å². The molecule has 12 heteroatoms. The van der Waals surface area contributed by atoms with Gasteiger partial charge in [-0.1, -0.05) is 32.4 Å². The molecule has 1 aromatic heterocycles. The van der Waals surface area contributed by atoms with Crippen LogP contribution in [0.4, 0.5) is 0 Å². The van der Waals surface area contributed by atoms with Gasteiger partial charge < -0.3 is 36.5 Å². The zero-order valence-corrected chi connectivity index (χ0v) is 21.6. The minimum Gasteiger partial charge on any atom is -0.508 e. The van der Waals surface area contributed by atoms with Crippen molar-refractivity contribution in [2.45, 2.75) is 70.1 Å². The third kappa shape index (κ3) is 7.31. The monoisotopic (exact) mass is 528 g/mol. The zero-order valence-electron chi connectivity index (χ0n) is 21.6. The number of aromatic amines is 1. The number of carbonyl (C=O) groups excluding carboxylic acids is 3. The van der Waals surface area contributed by atoms with Crippen LogP contribution in [0.25, 0.3) is 0 Å². The Morgan fingerprint density at radius 3 is 2.47 bits per heavy atom. The fourth-order valence-electron chi connectivity index (χ4n) is 4.50. The number of carbonyl (C=O) groups is 4. The van der Waals surface area contributed by atoms with Crippen LogP contribution in [0.2, 0.25) is 0 Å². The number of nitrogens with two attached hydrogens (primary N) is 1. The first-order chi connectivity index (χ1) is 18.1. The molecule has 1 aliphatic rings. The second-order valence-corrected chi connectivity index (χ2v) is 9.72. The molecule has 0 bridgehead atoms. The SMILES string of the molecule is CCC(C)C(NC(=O)C(N)Cc1cnc[nH]1)C(=O)NC(Cc1ccc(O)cc1)C(=O)N1CCCC1C(=O)O. The molecule has 0 saturated carbocycles. The van der Waals surface area contributed by atoms with E-state index in [9.17, 15) is 29.4 Å². The van der Waals surface area contributed by atoms with Gasteiger partial charge >= 0.3 is 5.97 Å². The van der Waals surface area contributed by atoms with Gasteiger partial charge in [-0.25, -0.2) is 9.78 Å². The van der Waals surface area contributed by atoms with Crippen LogP contribution in [-0.2, 0) is 32.0 Å². The average molecular weight is 529 g/mol. The van der Waals surface area contributed by atoms with Crippen LogP contribution in [0.15, 0.2) is 36.8 Å². The summed E-state index contributed by atoms with van der Waals surface area (Å²) in [6, 6.07) is 2.26. The van der Waals surface area contributed by atoms with Crippen molar-refractivity contribution >= 4 is 23.7 Å². The van der Waals surface area contributed by atoms with Crippen LogP contribution in [0, 0.1) is 5.92 Å². The van der Waals surface area contributed by atoms with Gasteiger partial charge in [-0.15, -0.1) is 0 Å².